The van der Waals surface area contributed by atoms with Crippen molar-refractivity contribution in [2.75, 3.05) is 0 Å². The van der Waals surface area contributed by atoms with Crippen LogP contribution in [-0.2, 0) is 4.79 Å². The first-order valence-electron chi connectivity index (χ1n) is 4.74. The Kier molecular flexibility index (Phi) is 6.02. The van der Waals surface area contributed by atoms with Crippen molar-refractivity contribution in [1.29, 1.82) is 0 Å². The maximum absolute atomic E-state index is 11.3. The van der Waals surface area contributed by atoms with Crippen molar-refractivity contribution in [2.45, 2.75) is 20.8 Å². The molecule has 0 saturated heterocycles. The fraction of sp³-hybridized carbons (Fsp3) is 0.333. The molecule has 0 bridgehead atoms. The van der Waals surface area contributed by atoms with Gasteiger partial charge in [0.1, 0.15) is 0 Å². The Morgan fingerprint density at radius 2 is 1.53 bits per heavy atom. The monoisotopic (exact) mass is 208 g/mol. The fourth-order valence-electron chi connectivity index (χ4n) is 0.936. The quantitative estimate of drug-likeness (QED) is 0.760. The van der Waals surface area contributed by atoms with Crippen LogP contribution in [0.3, 0.4) is 0 Å². The van der Waals surface area contributed by atoms with Gasteiger partial charge in [-0.1, -0.05) is 44.2 Å². The van der Waals surface area contributed by atoms with E-state index in [2.05, 4.69) is 0 Å². The van der Waals surface area contributed by atoms with Gasteiger partial charge in [0, 0.05) is 18.4 Å². The van der Waals surface area contributed by atoms with E-state index in [0.29, 0.717) is 0 Å². The standard InChI is InChI=1S/C10H12O.C2H4O2/c1-8(2)10(11)9-6-4-3-5-7-9;1-2(3)4/h3-8H,1-2H3;1H3,(H,3,4). The van der Waals surface area contributed by atoms with E-state index in [1.807, 2.05) is 44.2 Å². The number of hydrogen-bond donors (Lipinski definition) is 1. The van der Waals surface area contributed by atoms with Gasteiger partial charge in [0.2, 0.25) is 0 Å². The van der Waals surface area contributed by atoms with Crippen LogP contribution in [0.1, 0.15) is 31.1 Å². The predicted octanol–water partition coefficient (Wildman–Crippen LogP) is 2.62. The molecule has 0 aliphatic carbocycles. The molecule has 0 aromatic heterocycles. The molecule has 82 valence electrons. The molecule has 0 saturated carbocycles. The number of carbonyl (C=O) groups is 2. The SMILES string of the molecule is CC(=O)O.CC(C)C(=O)c1ccccc1. The molecule has 0 aliphatic rings. The van der Waals surface area contributed by atoms with Crippen molar-refractivity contribution < 1.29 is 14.7 Å². The highest BCUT2D eigenvalue weighted by molar-refractivity contribution is 5.97. The minimum atomic E-state index is -0.833. The van der Waals surface area contributed by atoms with E-state index in [1.165, 1.54) is 0 Å². The van der Waals surface area contributed by atoms with Gasteiger partial charge in [-0.05, 0) is 0 Å². The Balaban J connectivity index is 0.000000423. The summed E-state index contributed by atoms with van der Waals surface area (Å²) >= 11 is 0. The molecule has 0 spiro atoms. The maximum Gasteiger partial charge on any atom is 0.300 e. The largest absolute Gasteiger partial charge is 0.481 e. The van der Waals surface area contributed by atoms with Gasteiger partial charge < -0.3 is 5.11 Å². The van der Waals surface area contributed by atoms with Crippen LogP contribution in [0.15, 0.2) is 30.3 Å². The van der Waals surface area contributed by atoms with Crippen molar-refractivity contribution in [1.82, 2.24) is 0 Å². The van der Waals surface area contributed by atoms with Crippen molar-refractivity contribution in [2.24, 2.45) is 5.92 Å². The molecular weight excluding hydrogens is 192 g/mol. The minimum absolute atomic E-state index is 0.0948. The minimum Gasteiger partial charge on any atom is -0.481 e. The maximum atomic E-state index is 11.3. The lowest BCUT2D eigenvalue weighted by molar-refractivity contribution is -0.134. The summed E-state index contributed by atoms with van der Waals surface area (Å²) in [5, 5.41) is 7.42. The molecule has 3 nitrogen and oxygen atoms in total. The van der Waals surface area contributed by atoms with Gasteiger partial charge in [0.15, 0.2) is 5.78 Å². The lowest BCUT2D eigenvalue weighted by Crippen LogP contribution is -2.06. The molecule has 0 atom stereocenters. The van der Waals surface area contributed by atoms with E-state index in [4.69, 9.17) is 9.90 Å². The zero-order chi connectivity index (χ0) is 11.8. The Labute approximate surface area is 89.7 Å². The second-order valence-electron chi connectivity index (χ2n) is 3.40. The van der Waals surface area contributed by atoms with Gasteiger partial charge in [-0.15, -0.1) is 0 Å². The van der Waals surface area contributed by atoms with Gasteiger partial charge >= 0.3 is 0 Å². The lowest BCUT2D eigenvalue weighted by Gasteiger charge is -2.01. The van der Waals surface area contributed by atoms with Crippen LogP contribution >= 0.6 is 0 Å². The molecule has 15 heavy (non-hydrogen) atoms. The van der Waals surface area contributed by atoms with Gasteiger partial charge in [-0.25, -0.2) is 0 Å². The number of ketones is 1. The number of aliphatic carboxylic acids is 1. The third kappa shape index (κ3) is 6.43. The average Bonchev–Trinajstić information content (AvgIpc) is 2.17. The Bertz CT molecular complexity index is 311. The molecule has 0 heterocycles. The molecule has 0 amide bonds. The zero-order valence-electron chi connectivity index (χ0n) is 9.23. The summed E-state index contributed by atoms with van der Waals surface area (Å²) in [6.07, 6.45) is 0. The zero-order valence-corrected chi connectivity index (χ0v) is 9.23. The van der Waals surface area contributed by atoms with E-state index < -0.39 is 5.97 Å². The first kappa shape index (κ1) is 13.4. The number of benzene rings is 1. The second kappa shape index (κ2) is 6.76. The van der Waals surface area contributed by atoms with Gasteiger partial charge in [-0.2, -0.15) is 0 Å². The number of Topliss-reactive ketones (excluding diaryl/α,β-unsaturated/α-hetero) is 1. The number of rotatable bonds is 2. The van der Waals surface area contributed by atoms with Crippen LogP contribution in [0.4, 0.5) is 0 Å². The van der Waals surface area contributed by atoms with E-state index in [9.17, 15) is 4.79 Å². The number of carbonyl (C=O) groups excluding carboxylic acids is 1. The normalized spacial score (nSPS) is 9.07. The summed E-state index contributed by atoms with van der Waals surface area (Å²) in [6, 6.07) is 9.38. The third-order valence-electron chi connectivity index (χ3n) is 1.58. The summed E-state index contributed by atoms with van der Waals surface area (Å²) in [4.78, 5) is 20.3. The predicted molar refractivity (Wildman–Crippen MR) is 58.9 cm³/mol. The number of carboxylic acids is 1. The van der Waals surface area contributed by atoms with Crippen LogP contribution in [-0.4, -0.2) is 16.9 Å². The van der Waals surface area contributed by atoms with E-state index >= 15 is 0 Å². The molecular formula is C12H16O3. The molecule has 0 fully saturated rings. The summed E-state index contributed by atoms with van der Waals surface area (Å²) in [7, 11) is 0. The molecule has 1 rings (SSSR count). The average molecular weight is 208 g/mol. The van der Waals surface area contributed by atoms with Crippen molar-refractivity contribution in [3.63, 3.8) is 0 Å². The van der Waals surface area contributed by atoms with Gasteiger partial charge in [0.05, 0.1) is 0 Å². The highest BCUT2D eigenvalue weighted by atomic mass is 16.4. The Morgan fingerprint density at radius 3 is 1.87 bits per heavy atom. The molecule has 1 aromatic carbocycles. The summed E-state index contributed by atoms with van der Waals surface area (Å²) in [5.74, 6) is -0.525. The highest BCUT2D eigenvalue weighted by Gasteiger charge is 2.08. The molecule has 1 N–H and O–H groups in total. The molecule has 3 heteroatoms. The highest BCUT2D eigenvalue weighted by Crippen LogP contribution is 2.06. The smallest absolute Gasteiger partial charge is 0.300 e. The van der Waals surface area contributed by atoms with Crippen molar-refractivity contribution in [3.05, 3.63) is 35.9 Å². The molecule has 1 aromatic rings. The van der Waals surface area contributed by atoms with Crippen LogP contribution in [0.25, 0.3) is 0 Å². The molecule has 0 unspecified atom stereocenters. The lowest BCUT2D eigenvalue weighted by atomic mass is 10.0. The number of hydrogen-bond acceptors (Lipinski definition) is 2. The van der Waals surface area contributed by atoms with Gasteiger partial charge in [0.25, 0.3) is 5.97 Å². The molecule has 0 radical (unpaired) electrons. The Hall–Kier alpha value is -1.64. The van der Waals surface area contributed by atoms with Crippen LogP contribution < -0.4 is 0 Å². The Morgan fingerprint density at radius 1 is 1.13 bits per heavy atom. The fourth-order valence-corrected chi connectivity index (χ4v) is 0.936. The topological polar surface area (TPSA) is 54.4 Å². The summed E-state index contributed by atoms with van der Waals surface area (Å²) in [5.41, 5.74) is 0.808. The molecule has 0 aliphatic heterocycles. The second-order valence-corrected chi connectivity index (χ2v) is 3.40. The summed E-state index contributed by atoms with van der Waals surface area (Å²) in [6.45, 7) is 4.91. The van der Waals surface area contributed by atoms with E-state index in [-0.39, 0.29) is 11.7 Å². The summed E-state index contributed by atoms with van der Waals surface area (Å²) < 4.78 is 0. The van der Waals surface area contributed by atoms with Crippen molar-refractivity contribution in [3.8, 4) is 0 Å². The number of carboxylic acid groups (broad SMARTS) is 1. The van der Waals surface area contributed by atoms with Crippen LogP contribution in [0.2, 0.25) is 0 Å². The van der Waals surface area contributed by atoms with E-state index in [1.54, 1.807) is 0 Å². The first-order valence-corrected chi connectivity index (χ1v) is 4.74. The van der Waals surface area contributed by atoms with Crippen molar-refractivity contribution >= 4 is 11.8 Å². The third-order valence-corrected chi connectivity index (χ3v) is 1.58. The first-order chi connectivity index (χ1) is 6.95. The van der Waals surface area contributed by atoms with Crippen LogP contribution in [0.5, 0.6) is 0 Å². The van der Waals surface area contributed by atoms with E-state index in [0.717, 1.165) is 12.5 Å². The van der Waals surface area contributed by atoms with Gasteiger partial charge in [-0.3, -0.25) is 9.59 Å². The van der Waals surface area contributed by atoms with Crippen LogP contribution in [0, 0.1) is 5.92 Å².